The molecule has 1 aromatic heterocycles. The molecule has 90 valence electrons. The van der Waals surface area contributed by atoms with Crippen molar-refractivity contribution in [2.75, 3.05) is 20.2 Å². The van der Waals surface area contributed by atoms with Crippen LogP contribution in [0.25, 0.3) is 0 Å². The summed E-state index contributed by atoms with van der Waals surface area (Å²) in [6.07, 6.45) is 6.59. The molecule has 1 aliphatic rings. The summed E-state index contributed by atoms with van der Waals surface area (Å²) in [4.78, 5) is 2.36. The van der Waals surface area contributed by atoms with E-state index < -0.39 is 0 Å². The highest BCUT2D eigenvalue weighted by Crippen LogP contribution is 2.26. The van der Waals surface area contributed by atoms with Gasteiger partial charge >= 0.3 is 0 Å². The van der Waals surface area contributed by atoms with Crippen LogP contribution in [-0.4, -0.2) is 40.0 Å². The van der Waals surface area contributed by atoms with Crippen molar-refractivity contribution in [3.05, 3.63) is 17.5 Å². The summed E-state index contributed by atoms with van der Waals surface area (Å²) in [7, 11) is 2.16. The van der Waals surface area contributed by atoms with Gasteiger partial charge in [-0.3, -0.25) is 9.58 Å². The van der Waals surface area contributed by atoms with Crippen LogP contribution in [0.15, 0.2) is 6.20 Å². The maximum absolute atomic E-state index is 8.84. The Kier molecular flexibility index (Phi) is 3.61. The SMILES string of the molecule is Cc1c(CCCO)cnn1C1CCCN1C. The Labute approximate surface area is 96.9 Å². The van der Waals surface area contributed by atoms with Gasteiger partial charge in [-0.25, -0.2) is 0 Å². The number of aryl methyl sites for hydroxylation is 1. The molecule has 0 aliphatic carbocycles. The highest BCUT2D eigenvalue weighted by Gasteiger charge is 2.24. The monoisotopic (exact) mass is 223 g/mol. The van der Waals surface area contributed by atoms with Gasteiger partial charge in [0.15, 0.2) is 0 Å². The molecule has 0 amide bonds. The van der Waals surface area contributed by atoms with E-state index in [9.17, 15) is 0 Å². The third-order valence-corrected chi connectivity index (χ3v) is 3.51. The molecule has 1 aromatic rings. The van der Waals surface area contributed by atoms with Crippen molar-refractivity contribution in [3.63, 3.8) is 0 Å². The lowest BCUT2D eigenvalue weighted by atomic mass is 10.1. The molecule has 1 N–H and O–H groups in total. The standard InChI is InChI=1S/C12H21N3O/c1-10-11(5-4-8-16)9-13-15(10)12-6-3-7-14(12)2/h9,12,16H,3-8H2,1-2H3. The second-order valence-electron chi connectivity index (χ2n) is 4.63. The van der Waals surface area contributed by atoms with Crippen LogP contribution >= 0.6 is 0 Å². The molecule has 0 radical (unpaired) electrons. The zero-order valence-electron chi connectivity index (χ0n) is 10.2. The van der Waals surface area contributed by atoms with E-state index in [0.717, 1.165) is 19.4 Å². The van der Waals surface area contributed by atoms with Crippen LogP contribution in [0.2, 0.25) is 0 Å². The van der Waals surface area contributed by atoms with Crippen LogP contribution in [0.5, 0.6) is 0 Å². The number of aliphatic hydroxyl groups excluding tert-OH is 1. The summed E-state index contributed by atoms with van der Waals surface area (Å²) in [5, 5.41) is 13.3. The number of aromatic nitrogens is 2. The fourth-order valence-electron chi connectivity index (χ4n) is 2.48. The summed E-state index contributed by atoms with van der Waals surface area (Å²) in [6, 6.07) is 0. The van der Waals surface area contributed by atoms with Crippen LogP contribution in [0.3, 0.4) is 0 Å². The van der Waals surface area contributed by atoms with Crippen LogP contribution in [0.1, 0.15) is 36.7 Å². The minimum atomic E-state index is 0.258. The van der Waals surface area contributed by atoms with E-state index in [0.29, 0.717) is 6.17 Å². The van der Waals surface area contributed by atoms with Crippen molar-refractivity contribution in [1.29, 1.82) is 0 Å². The molecule has 1 fully saturated rings. The highest BCUT2D eigenvalue weighted by atomic mass is 16.2. The van der Waals surface area contributed by atoms with Gasteiger partial charge in [-0.05, 0) is 51.8 Å². The van der Waals surface area contributed by atoms with Gasteiger partial charge < -0.3 is 5.11 Å². The quantitative estimate of drug-likeness (QED) is 0.837. The largest absolute Gasteiger partial charge is 0.396 e. The second-order valence-corrected chi connectivity index (χ2v) is 4.63. The van der Waals surface area contributed by atoms with Crippen molar-refractivity contribution < 1.29 is 5.11 Å². The molecule has 0 saturated carbocycles. The van der Waals surface area contributed by atoms with Gasteiger partial charge in [0.2, 0.25) is 0 Å². The van der Waals surface area contributed by atoms with Crippen LogP contribution in [-0.2, 0) is 6.42 Å². The summed E-state index contributed by atoms with van der Waals surface area (Å²) in [5.41, 5.74) is 2.53. The zero-order valence-corrected chi connectivity index (χ0v) is 10.2. The van der Waals surface area contributed by atoms with E-state index >= 15 is 0 Å². The van der Waals surface area contributed by atoms with Gasteiger partial charge in [-0.15, -0.1) is 0 Å². The number of hydrogen-bond donors (Lipinski definition) is 1. The Hall–Kier alpha value is -0.870. The number of aliphatic hydroxyl groups is 1. The molecule has 16 heavy (non-hydrogen) atoms. The molecule has 1 atom stereocenters. The molecule has 4 heteroatoms. The molecular formula is C12H21N3O. The van der Waals surface area contributed by atoms with E-state index in [1.54, 1.807) is 0 Å². The topological polar surface area (TPSA) is 41.3 Å². The first kappa shape index (κ1) is 11.6. The first-order valence-corrected chi connectivity index (χ1v) is 6.08. The van der Waals surface area contributed by atoms with Crippen LogP contribution in [0, 0.1) is 6.92 Å². The van der Waals surface area contributed by atoms with E-state index in [2.05, 4.69) is 28.7 Å². The molecule has 1 saturated heterocycles. The van der Waals surface area contributed by atoms with Crippen molar-refractivity contribution in [3.8, 4) is 0 Å². The lowest BCUT2D eigenvalue weighted by Crippen LogP contribution is -2.24. The highest BCUT2D eigenvalue weighted by molar-refractivity contribution is 5.17. The minimum Gasteiger partial charge on any atom is -0.396 e. The smallest absolute Gasteiger partial charge is 0.104 e. The molecule has 0 aromatic carbocycles. The van der Waals surface area contributed by atoms with Crippen molar-refractivity contribution >= 4 is 0 Å². The second kappa shape index (κ2) is 4.97. The van der Waals surface area contributed by atoms with Gasteiger partial charge in [0, 0.05) is 12.3 Å². The number of nitrogens with zero attached hydrogens (tertiary/aromatic N) is 3. The summed E-state index contributed by atoms with van der Waals surface area (Å²) < 4.78 is 2.14. The van der Waals surface area contributed by atoms with Crippen molar-refractivity contribution in [2.24, 2.45) is 0 Å². The average Bonchev–Trinajstić information content (AvgIpc) is 2.83. The first-order valence-electron chi connectivity index (χ1n) is 6.08. The Morgan fingerprint density at radius 3 is 3.00 bits per heavy atom. The maximum Gasteiger partial charge on any atom is 0.104 e. The van der Waals surface area contributed by atoms with Gasteiger partial charge in [-0.1, -0.05) is 0 Å². The van der Waals surface area contributed by atoms with E-state index in [-0.39, 0.29) is 6.61 Å². The summed E-state index contributed by atoms with van der Waals surface area (Å²) in [5.74, 6) is 0. The molecular weight excluding hydrogens is 202 g/mol. The third kappa shape index (κ3) is 2.13. The predicted molar refractivity (Wildman–Crippen MR) is 63.3 cm³/mol. The van der Waals surface area contributed by atoms with E-state index in [4.69, 9.17) is 5.11 Å². The predicted octanol–water partition coefficient (Wildman–Crippen LogP) is 1.34. The molecule has 0 bridgehead atoms. The van der Waals surface area contributed by atoms with Gasteiger partial charge in [0.05, 0.1) is 6.20 Å². The molecule has 2 rings (SSSR count). The number of likely N-dealkylation sites (tertiary alicyclic amines) is 1. The first-order chi connectivity index (χ1) is 7.74. The van der Waals surface area contributed by atoms with Crippen LogP contribution in [0.4, 0.5) is 0 Å². The Balaban J connectivity index is 2.13. The molecule has 2 heterocycles. The normalized spacial score (nSPS) is 21.8. The maximum atomic E-state index is 8.84. The third-order valence-electron chi connectivity index (χ3n) is 3.51. The van der Waals surface area contributed by atoms with Gasteiger partial charge in [0.1, 0.15) is 6.17 Å². The van der Waals surface area contributed by atoms with Crippen molar-refractivity contribution in [1.82, 2.24) is 14.7 Å². The lowest BCUT2D eigenvalue weighted by molar-refractivity contribution is 0.217. The fourth-order valence-corrected chi connectivity index (χ4v) is 2.48. The zero-order chi connectivity index (χ0) is 11.5. The Morgan fingerprint density at radius 1 is 1.56 bits per heavy atom. The molecule has 0 spiro atoms. The number of rotatable bonds is 4. The Morgan fingerprint density at radius 2 is 2.38 bits per heavy atom. The fraction of sp³-hybridized carbons (Fsp3) is 0.750. The average molecular weight is 223 g/mol. The van der Waals surface area contributed by atoms with Crippen molar-refractivity contribution in [2.45, 2.75) is 38.8 Å². The van der Waals surface area contributed by atoms with Crippen LogP contribution < -0.4 is 0 Å². The summed E-state index contributed by atoms with van der Waals surface area (Å²) in [6.45, 7) is 3.55. The summed E-state index contributed by atoms with van der Waals surface area (Å²) >= 11 is 0. The minimum absolute atomic E-state index is 0.258. The number of hydrogen-bond acceptors (Lipinski definition) is 3. The van der Waals surface area contributed by atoms with Gasteiger partial charge in [0.25, 0.3) is 0 Å². The molecule has 1 aliphatic heterocycles. The lowest BCUT2D eigenvalue weighted by Gasteiger charge is -2.21. The van der Waals surface area contributed by atoms with E-state index in [1.165, 1.54) is 24.1 Å². The molecule has 4 nitrogen and oxygen atoms in total. The molecule has 1 unspecified atom stereocenters. The van der Waals surface area contributed by atoms with E-state index in [1.807, 2.05) is 6.20 Å². The van der Waals surface area contributed by atoms with Gasteiger partial charge in [-0.2, -0.15) is 5.10 Å². The Bertz CT molecular complexity index is 348.